The highest BCUT2D eigenvalue weighted by atomic mass is 35.5. The Balaban J connectivity index is 3.39. The lowest BCUT2D eigenvalue weighted by atomic mass is 9.97. The molecule has 1 rings (SSSR count). The molecule has 22 heavy (non-hydrogen) atoms. The lowest BCUT2D eigenvalue weighted by molar-refractivity contribution is -0.387. The Hall–Kier alpha value is -2.22. The molecule has 0 saturated carbocycles. The number of benzene rings is 1. The number of nitrogens with zero attached hydrogens (tertiary/aromatic N) is 1. The summed E-state index contributed by atoms with van der Waals surface area (Å²) in [5.41, 5.74) is -1.12. The maximum Gasteiger partial charge on any atom is 0.343 e. The molecule has 1 aromatic rings. The van der Waals surface area contributed by atoms with Gasteiger partial charge in [0, 0.05) is 6.07 Å². The second kappa shape index (κ2) is 7.17. The van der Waals surface area contributed by atoms with Crippen LogP contribution in [0.25, 0.3) is 0 Å². The summed E-state index contributed by atoms with van der Waals surface area (Å²) < 4.78 is 23.2. The maximum atomic E-state index is 13.7. The smallest absolute Gasteiger partial charge is 0.343 e. The number of carbonyl (C=O) groups is 2. The van der Waals surface area contributed by atoms with Gasteiger partial charge in [-0.15, -0.1) is 0 Å². The van der Waals surface area contributed by atoms with Crippen molar-refractivity contribution in [3.05, 3.63) is 39.7 Å². The number of carbonyl (C=O) groups excluding carboxylic acids is 2. The van der Waals surface area contributed by atoms with Gasteiger partial charge in [0.1, 0.15) is 0 Å². The zero-order chi connectivity index (χ0) is 16.9. The Morgan fingerprint density at radius 1 is 1.27 bits per heavy atom. The zero-order valence-electron chi connectivity index (χ0n) is 11.8. The number of hydrogen-bond acceptors (Lipinski definition) is 6. The summed E-state index contributed by atoms with van der Waals surface area (Å²) in [4.78, 5) is 31.2. The minimum absolute atomic E-state index is 0.0673. The van der Waals surface area contributed by atoms with Crippen LogP contribution < -0.4 is 0 Å². The van der Waals surface area contributed by atoms with Crippen LogP contribution in [0.2, 0.25) is 0 Å². The van der Waals surface area contributed by atoms with Gasteiger partial charge in [0.15, 0.2) is 0 Å². The maximum absolute atomic E-state index is 13.7. The number of rotatable bonds is 6. The molecule has 0 atom stereocenters. The summed E-state index contributed by atoms with van der Waals surface area (Å²) in [5.74, 6) is -3.53. The Kier molecular flexibility index (Phi) is 5.81. The molecule has 0 aromatic heterocycles. The first-order chi connectivity index (χ1) is 10.3. The van der Waals surface area contributed by atoms with E-state index in [-0.39, 0.29) is 18.8 Å². The fourth-order valence-corrected chi connectivity index (χ4v) is 1.88. The molecule has 0 radical (unpaired) electrons. The third-order valence-corrected chi connectivity index (χ3v) is 3.18. The minimum atomic E-state index is -2.43. The molecule has 0 N–H and O–H groups in total. The van der Waals surface area contributed by atoms with Crippen LogP contribution in [0.5, 0.6) is 0 Å². The predicted octanol–water partition coefficient (Wildman–Crippen LogP) is 2.29. The molecule has 120 valence electrons. The first-order valence-corrected chi connectivity index (χ1v) is 6.64. The van der Waals surface area contributed by atoms with E-state index in [0.29, 0.717) is 6.07 Å². The monoisotopic (exact) mass is 333 g/mol. The van der Waals surface area contributed by atoms with Crippen molar-refractivity contribution in [1.82, 2.24) is 0 Å². The lowest BCUT2D eigenvalue weighted by Gasteiger charge is -2.23. The molecular weight excluding hydrogens is 321 g/mol. The Bertz CT molecular complexity index is 588. The molecule has 7 nitrogen and oxygen atoms in total. The quantitative estimate of drug-likeness (QED) is 0.260. The predicted molar refractivity (Wildman–Crippen MR) is 73.9 cm³/mol. The van der Waals surface area contributed by atoms with Gasteiger partial charge in [-0.2, -0.15) is 4.39 Å². The SMILES string of the molecule is CCOC(=O)C(Cl)(C(=O)OCC)c1ccc([N+](=O)[O-])c(F)c1. The molecule has 0 bridgehead atoms. The van der Waals surface area contributed by atoms with E-state index in [2.05, 4.69) is 0 Å². The third kappa shape index (κ3) is 3.33. The van der Waals surface area contributed by atoms with Crippen molar-refractivity contribution in [3.63, 3.8) is 0 Å². The van der Waals surface area contributed by atoms with Crippen molar-refractivity contribution >= 4 is 29.2 Å². The molecule has 0 heterocycles. The van der Waals surface area contributed by atoms with Gasteiger partial charge in [-0.05, 0) is 31.5 Å². The van der Waals surface area contributed by atoms with Gasteiger partial charge in [-0.1, -0.05) is 11.6 Å². The largest absolute Gasteiger partial charge is 0.464 e. The normalized spacial score (nSPS) is 10.9. The van der Waals surface area contributed by atoms with Gasteiger partial charge >= 0.3 is 17.6 Å². The summed E-state index contributed by atoms with van der Waals surface area (Å²) in [6.07, 6.45) is 0. The number of halogens is 2. The number of alkyl halides is 1. The topological polar surface area (TPSA) is 95.7 Å². The summed E-state index contributed by atoms with van der Waals surface area (Å²) >= 11 is 6.04. The molecule has 0 aliphatic rings. The molecule has 0 unspecified atom stereocenters. The summed E-state index contributed by atoms with van der Waals surface area (Å²) in [7, 11) is 0. The molecule has 0 fully saturated rings. The van der Waals surface area contributed by atoms with Crippen LogP contribution in [-0.4, -0.2) is 30.1 Å². The molecule has 0 spiro atoms. The zero-order valence-corrected chi connectivity index (χ0v) is 12.6. The second-order valence-electron chi connectivity index (χ2n) is 4.02. The van der Waals surface area contributed by atoms with E-state index in [1.807, 2.05) is 0 Å². The second-order valence-corrected chi connectivity index (χ2v) is 4.59. The van der Waals surface area contributed by atoms with Crippen LogP contribution in [0, 0.1) is 15.9 Å². The van der Waals surface area contributed by atoms with Gasteiger partial charge < -0.3 is 9.47 Å². The van der Waals surface area contributed by atoms with Crippen molar-refractivity contribution in [2.24, 2.45) is 0 Å². The van der Waals surface area contributed by atoms with E-state index in [1.165, 1.54) is 13.8 Å². The van der Waals surface area contributed by atoms with Gasteiger partial charge in [0.2, 0.25) is 5.82 Å². The van der Waals surface area contributed by atoms with E-state index in [0.717, 1.165) is 12.1 Å². The molecule has 0 aliphatic carbocycles. The van der Waals surface area contributed by atoms with Crippen molar-refractivity contribution in [2.75, 3.05) is 13.2 Å². The Morgan fingerprint density at radius 2 is 1.77 bits per heavy atom. The summed E-state index contributed by atoms with van der Waals surface area (Å²) in [6, 6.07) is 2.45. The van der Waals surface area contributed by atoms with Gasteiger partial charge in [-0.25, -0.2) is 9.59 Å². The Morgan fingerprint density at radius 3 is 2.14 bits per heavy atom. The number of ether oxygens (including phenoxy) is 2. The summed E-state index contributed by atoms with van der Waals surface area (Å²) in [5, 5.41) is 10.6. The van der Waals surface area contributed by atoms with Crippen molar-refractivity contribution < 1.29 is 28.4 Å². The average molecular weight is 334 g/mol. The highest BCUT2D eigenvalue weighted by Gasteiger charge is 2.49. The number of esters is 2. The fraction of sp³-hybridized carbons (Fsp3) is 0.385. The first-order valence-electron chi connectivity index (χ1n) is 6.26. The minimum Gasteiger partial charge on any atom is -0.464 e. The number of nitro benzene ring substituents is 1. The molecular formula is C13H13ClFNO6. The number of nitro groups is 1. The van der Waals surface area contributed by atoms with Crippen LogP contribution in [0.1, 0.15) is 19.4 Å². The molecule has 0 aliphatic heterocycles. The van der Waals surface area contributed by atoms with Gasteiger partial charge in [-0.3, -0.25) is 10.1 Å². The molecule has 0 amide bonds. The number of hydrogen-bond donors (Lipinski definition) is 0. The standard InChI is InChI=1S/C13H13ClFNO6/c1-3-21-11(17)13(14,12(18)22-4-2)8-5-6-10(16(19)20)9(15)7-8/h5-7H,3-4H2,1-2H3. The van der Waals surface area contributed by atoms with E-state index in [4.69, 9.17) is 21.1 Å². The summed E-state index contributed by atoms with van der Waals surface area (Å²) in [6.45, 7) is 2.86. The Labute approximate surface area is 130 Å². The van der Waals surface area contributed by atoms with Crippen LogP contribution in [-0.2, 0) is 23.9 Å². The van der Waals surface area contributed by atoms with E-state index in [9.17, 15) is 24.1 Å². The van der Waals surface area contributed by atoms with E-state index < -0.39 is 33.2 Å². The van der Waals surface area contributed by atoms with Crippen molar-refractivity contribution in [1.29, 1.82) is 0 Å². The van der Waals surface area contributed by atoms with E-state index in [1.54, 1.807) is 0 Å². The molecule has 1 aromatic carbocycles. The fourth-order valence-electron chi connectivity index (χ4n) is 1.65. The molecule has 0 saturated heterocycles. The van der Waals surface area contributed by atoms with Crippen LogP contribution in [0.4, 0.5) is 10.1 Å². The van der Waals surface area contributed by atoms with Gasteiger partial charge in [0.25, 0.3) is 4.87 Å². The lowest BCUT2D eigenvalue weighted by Crippen LogP contribution is -2.41. The highest BCUT2D eigenvalue weighted by molar-refractivity contribution is 6.44. The molecule has 9 heteroatoms. The van der Waals surface area contributed by atoms with Crippen LogP contribution in [0.15, 0.2) is 18.2 Å². The first kappa shape index (κ1) is 17.8. The van der Waals surface area contributed by atoms with Gasteiger partial charge in [0.05, 0.1) is 18.1 Å². The van der Waals surface area contributed by atoms with Crippen LogP contribution >= 0.6 is 11.6 Å². The van der Waals surface area contributed by atoms with Crippen LogP contribution in [0.3, 0.4) is 0 Å². The van der Waals surface area contributed by atoms with Crippen molar-refractivity contribution in [3.8, 4) is 0 Å². The van der Waals surface area contributed by atoms with E-state index >= 15 is 0 Å². The third-order valence-electron chi connectivity index (χ3n) is 2.66. The highest BCUT2D eigenvalue weighted by Crippen LogP contribution is 2.34. The average Bonchev–Trinajstić information content (AvgIpc) is 2.46. The van der Waals surface area contributed by atoms with Crippen molar-refractivity contribution in [2.45, 2.75) is 18.7 Å².